The first-order valence-corrected chi connectivity index (χ1v) is 7.13. The number of carbonyl (C=O) groups excluding carboxylic acids is 1. The van der Waals surface area contributed by atoms with Crippen LogP contribution < -0.4 is 10.6 Å². The zero-order valence-corrected chi connectivity index (χ0v) is 11.8. The van der Waals surface area contributed by atoms with Gasteiger partial charge in [0.05, 0.1) is 18.4 Å². The van der Waals surface area contributed by atoms with E-state index in [9.17, 15) is 13.6 Å². The fourth-order valence-corrected chi connectivity index (χ4v) is 3.62. The maximum Gasteiger partial charge on any atom is 0.340 e. The average molecular weight is 296 g/mol. The maximum absolute atomic E-state index is 14.4. The quantitative estimate of drug-likeness (QED) is 0.850. The molecule has 2 saturated heterocycles. The highest BCUT2D eigenvalue weighted by molar-refractivity contribution is 5.90. The van der Waals surface area contributed by atoms with E-state index in [4.69, 9.17) is 5.73 Å². The number of nitrogens with zero attached hydrogens (tertiary/aromatic N) is 1. The van der Waals surface area contributed by atoms with Gasteiger partial charge in [0.15, 0.2) is 11.6 Å². The first-order chi connectivity index (χ1) is 10.0. The highest BCUT2D eigenvalue weighted by Crippen LogP contribution is 2.40. The van der Waals surface area contributed by atoms with Gasteiger partial charge in [0.25, 0.3) is 0 Å². The molecule has 2 heterocycles. The van der Waals surface area contributed by atoms with Crippen molar-refractivity contribution in [3.05, 3.63) is 29.3 Å². The number of hydrogen-bond acceptors (Lipinski definition) is 4. The van der Waals surface area contributed by atoms with Gasteiger partial charge in [-0.3, -0.25) is 0 Å². The molecule has 0 radical (unpaired) electrons. The SMILES string of the molecule is COC(=O)c1ccc(N2C3CCC2CC(N)C3)c(F)c1F. The topological polar surface area (TPSA) is 55.6 Å². The fraction of sp³-hybridized carbons (Fsp3) is 0.533. The Morgan fingerprint density at radius 3 is 2.43 bits per heavy atom. The average Bonchev–Trinajstić information content (AvgIpc) is 2.73. The molecule has 0 spiro atoms. The molecule has 2 aliphatic rings. The molecule has 0 saturated carbocycles. The summed E-state index contributed by atoms with van der Waals surface area (Å²) in [4.78, 5) is 13.3. The van der Waals surface area contributed by atoms with Crippen molar-refractivity contribution < 1.29 is 18.3 Å². The van der Waals surface area contributed by atoms with E-state index >= 15 is 0 Å². The number of ether oxygens (including phenoxy) is 1. The van der Waals surface area contributed by atoms with Gasteiger partial charge >= 0.3 is 5.97 Å². The van der Waals surface area contributed by atoms with Crippen molar-refractivity contribution in [1.82, 2.24) is 0 Å². The van der Waals surface area contributed by atoms with Gasteiger partial charge in [0.1, 0.15) is 0 Å². The summed E-state index contributed by atoms with van der Waals surface area (Å²) >= 11 is 0. The van der Waals surface area contributed by atoms with Crippen molar-refractivity contribution in [3.8, 4) is 0 Å². The lowest BCUT2D eigenvalue weighted by Crippen LogP contribution is -2.48. The van der Waals surface area contributed by atoms with Gasteiger partial charge in [-0.05, 0) is 37.8 Å². The van der Waals surface area contributed by atoms with Crippen LogP contribution in [0.25, 0.3) is 0 Å². The molecule has 1 aromatic rings. The lowest BCUT2D eigenvalue weighted by Gasteiger charge is -2.39. The van der Waals surface area contributed by atoms with Crippen molar-refractivity contribution in [1.29, 1.82) is 0 Å². The maximum atomic E-state index is 14.4. The Hall–Kier alpha value is -1.69. The first-order valence-electron chi connectivity index (χ1n) is 7.13. The Balaban J connectivity index is 1.97. The van der Waals surface area contributed by atoms with Crippen molar-refractivity contribution >= 4 is 11.7 Å². The third-order valence-corrected chi connectivity index (χ3v) is 4.51. The molecular formula is C15H18F2N2O2. The van der Waals surface area contributed by atoms with Crippen LogP contribution in [0.1, 0.15) is 36.0 Å². The van der Waals surface area contributed by atoms with Crippen LogP contribution in [0.15, 0.2) is 12.1 Å². The minimum atomic E-state index is -1.14. The zero-order chi connectivity index (χ0) is 15.1. The molecular weight excluding hydrogens is 278 g/mol. The van der Waals surface area contributed by atoms with Gasteiger partial charge < -0.3 is 15.4 Å². The molecule has 2 fully saturated rings. The van der Waals surface area contributed by atoms with E-state index < -0.39 is 17.6 Å². The summed E-state index contributed by atoms with van der Waals surface area (Å²) in [6, 6.07) is 3.18. The first kappa shape index (κ1) is 14.3. The van der Waals surface area contributed by atoms with Gasteiger partial charge in [0, 0.05) is 18.1 Å². The number of esters is 1. The van der Waals surface area contributed by atoms with Crippen LogP contribution in [-0.4, -0.2) is 31.2 Å². The lowest BCUT2D eigenvalue weighted by molar-refractivity contribution is 0.0594. The summed E-state index contributed by atoms with van der Waals surface area (Å²) in [7, 11) is 1.14. The second kappa shape index (κ2) is 5.26. The summed E-state index contributed by atoms with van der Waals surface area (Å²) in [6.45, 7) is 0. The number of rotatable bonds is 2. The number of nitrogens with two attached hydrogens (primary N) is 1. The Labute approximate surface area is 121 Å². The number of benzene rings is 1. The van der Waals surface area contributed by atoms with Gasteiger partial charge in [-0.15, -0.1) is 0 Å². The molecule has 21 heavy (non-hydrogen) atoms. The Morgan fingerprint density at radius 2 is 1.86 bits per heavy atom. The Kier molecular flexibility index (Phi) is 3.57. The monoisotopic (exact) mass is 296 g/mol. The summed E-state index contributed by atoms with van der Waals surface area (Å²) in [5, 5.41) is 0. The Morgan fingerprint density at radius 1 is 1.24 bits per heavy atom. The van der Waals surface area contributed by atoms with Crippen LogP contribution in [0.3, 0.4) is 0 Å². The molecule has 114 valence electrons. The van der Waals surface area contributed by atoms with Gasteiger partial charge in [0.2, 0.25) is 0 Å². The largest absolute Gasteiger partial charge is 0.465 e. The molecule has 0 aromatic heterocycles. The number of fused-ring (bicyclic) bond motifs is 2. The molecule has 0 aliphatic carbocycles. The molecule has 2 bridgehead atoms. The minimum Gasteiger partial charge on any atom is -0.465 e. The van der Waals surface area contributed by atoms with Gasteiger partial charge in [-0.1, -0.05) is 0 Å². The van der Waals surface area contributed by atoms with Gasteiger partial charge in [-0.2, -0.15) is 0 Å². The summed E-state index contributed by atoms with van der Waals surface area (Å²) in [5.74, 6) is -3.00. The molecule has 0 amide bonds. The van der Waals surface area contributed by atoms with Crippen LogP contribution in [0.2, 0.25) is 0 Å². The zero-order valence-electron chi connectivity index (χ0n) is 11.8. The normalized spacial score (nSPS) is 27.8. The Bertz CT molecular complexity index is 565. The number of carbonyl (C=O) groups is 1. The van der Waals surface area contributed by atoms with E-state index in [-0.39, 0.29) is 29.4 Å². The van der Waals surface area contributed by atoms with Crippen molar-refractivity contribution in [2.24, 2.45) is 5.73 Å². The van der Waals surface area contributed by atoms with Crippen LogP contribution in [-0.2, 0) is 4.74 Å². The van der Waals surface area contributed by atoms with Gasteiger partial charge in [-0.25, -0.2) is 13.6 Å². The predicted octanol–water partition coefficient (Wildman–Crippen LogP) is 2.21. The lowest BCUT2D eigenvalue weighted by atomic mass is 9.97. The second-order valence-electron chi connectivity index (χ2n) is 5.78. The molecule has 1 aromatic carbocycles. The van der Waals surface area contributed by atoms with Crippen molar-refractivity contribution in [2.75, 3.05) is 12.0 Å². The number of anilines is 1. The fourth-order valence-electron chi connectivity index (χ4n) is 3.62. The minimum absolute atomic E-state index is 0.126. The molecule has 2 aliphatic heterocycles. The smallest absolute Gasteiger partial charge is 0.340 e. The van der Waals surface area contributed by atoms with Crippen LogP contribution in [0.4, 0.5) is 14.5 Å². The molecule has 2 unspecified atom stereocenters. The highest BCUT2D eigenvalue weighted by Gasteiger charge is 2.41. The van der Waals surface area contributed by atoms with E-state index in [2.05, 4.69) is 4.74 Å². The van der Waals surface area contributed by atoms with Crippen molar-refractivity contribution in [3.63, 3.8) is 0 Å². The standard InChI is InChI=1S/C15H18F2N2O2/c1-21-15(20)11-4-5-12(14(17)13(11)16)19-9-2-3-10(19)7-8(18)6-9/h4-5,8-10H,2-3,6-7,18H2,1H3. The van der Waals surface area contributed by atoms with E-state index in [0.29, 0.717) is 0 Å². The van der Waals surface area contributed by atoms with Crippen molar-refractivity contribution in [2.45, 2.75) is 43.8 Å². The van der Waals surface area contributed by atoms with E-state index in [1.807, 2.05) is 4.90 Å². The number of halogens is 2. The van der Waals surface area contributed by atoms with E-state index in [1.165, 1.54) is 12.1 Å². The number of methoxy groups -OCH3 is 1. The number of piperidine rings is 1. The molecule has 4 nitrogen and oxygen atoms in total. The summed E-state index contributed by atoms with van der Waals surface area (Å²) in [5.41, 5.74) is 5.84. The summed E-state index contributed by atoms with van der Waals surface area (Å²) < 4.78 is 32.9. The highest BCUT2D eigenvalue weighted by atomic mass is 19.2. The third-order valence-electron chi connectivity index (χ3n) is 4.51. The third kappa shape index (κ3) is 2.27. The summed E-state index contributed by atoms with van der Waals surface area (Å²) in [6.07, 6.45) is 3.46. The van der Waals surface area contributed by atoms with E-state index in [1.54, 1.807) is 0 Å². The molecule has 3 rings (SSSR count). The molecule has 6 heteroatoms. The van der Waals surface area contributed by atoms with Crippen LogP contribution in [0.5, 0.6) is 0 Å². The molecule has 2 N–H and O–H groups in total. The van der Waals surface area contributed by atoms with Crippen LogP contribution in [0, 0.1) is 11.6 Å². The molecule has 2 atom stereocenters. The van der Waals surface area contributed by atoms with Crippen LogP contribution >= 0.6 is 0 Å². The predicted molar refractivity (Wildman–Crippen MR) is 74.2 cm³/mol. The second-order valence-corrected chi connectivity index (χ2v) is 5.78. The number of hydrogen-bond donors (Lipinski definition) is 1. The van der Waals surface area contributed by atoms with E-state index in [0.717, 1.165) is 32.8 Å².